The predicted molar refractivity (Wildman–Crippen MR) is 126 cm³/mol. The minimum absolute atomic E-state index is 0.0904. The monoisotopic (exact) mass is 454 g/mol. The third-order valence-corrected chi connectivity index (χ3v) is 6.91. The van der Waals surface area contributed by atoms with E-state index < -0.39 is 0 Å². The summed E-state index contributed by atoms with van der Waals surface area (Å²) in [4.78, 5) is 31.9. The van der Waals surface area contributed by atoms with E-state index in [0.717, 1.165) is 16.9 Å². The summed E-state index contributed by atoms with van der Waals surface area (Å²) in [6, 6.07) is 12.2. The van der Waals surface area contributed by atoms with Gasteiger partial charge >= 0.3 is 6.03 Å². The lowest BCUT2D eigenvalue weighted by atomic mass is 9.98. The second kappa shape index (κ2) is 9.62. The van der Waals surface area contributed by atoms with Crippen molar-refractivity contribution < 1.29 is 9.59 Å². The Balaban J connectivity index is 1.46. The van der Waals surface area contributed by atoms with E-state index in [4.69, 9.17) is 0 Å². The van der Waals surface area contributed by atoms with Crippen molar-refractivity contribution in [2.45, 2.75) is 32.7 Å². The molecule has 2 N–H and O–H groups in total. The molecule has 1 aromatic carbocycles. The van der Waals surface area contributed by atoms with Crippen LogP contribution in [0.5, 0.6) is 0 Å². The van der Waals surface area contributed by atoms with E-state index in [0.29, 0.717) is 29.8 Å². The second-order valence-electron chi connectivity index (χ2n) is 8.04. The number of aromatic nitrogens is 1. The molecule has 0 radical (unpaired) electrons. The number of hydrogen-bond acceptors (Lipinski definition) is 5. The van der Waals surface area contributed by atoms with Crippen LogP contribution in [-0.4, -0.2) is 30.0 Å². The zero-order valence-electron chi connectivity index (χ0n) is 17.6. The lowest BCUT2D eigenvalue weighted by Crippen LogP contribution is -2.30. The summed E-state index contributed by atoms with van der Waals surface area (Å²) < 4.78 is 0. The summed E-state index contributed by atoms with van der Waals surface area (Å²) in [6.07, 6.45) is 1.22. The van der Waals surface area contributed by atoms with Crippen LogP contribution < -0.4 is 15.5 Å². The van der Waals surface area contributed by atoms with Crippen LogP contribution in [0.4, 0.5) is 9.93 Å². The molecule has 1 aliphatic heterocycles. The highest BCUT2D eigenvalue weighted by Crippen LogP contribution is 2.27. The Bertz CT molecular complexity index is 1030. The van der Waals surface area contributed by atoms with Gasteiger partial charge < -0.3 is 10.6 Å². The van der Waals surface area contributed by atoms with Gasteiger partial charge in [0.25, 0.3) is 0 Å². The van der Waals surface area contributed by atoms with Crippen molar-refractivity contribution in [3.8, 4) is 0 Å². The molecule has 2 aromatic heterocycles. The highest BCUT2D eigenvalue weighted by atomic mass is 32.1. The fraction of sp³-hybridized carbons (Fsp3) is 0.348. The van der Waals surface area contributed by atoms with E-state index in [2.05, 4.69) is 53.7 Å². The first-order valence-electron chi connectivity index (χ1n) is 10.4. The van der Waals surface area contributed by atoms with Crippen LogP contribution in [0.2, 0.25) is 0 Å². The highest BCUT2D eigenvalue weighted by Gasteiger charge is 2.24. The van der Waals surface area contributed by atoms with E-state index >= 15 is 0 Å². The van der Waals surface area contributed by atoms with Gasteiger partial charge in [-0.25, -0.2) is 9.78 Å². The molecule has 3 amide bonds. The van der Waals surface area contributed by atoms with Gasteiger partial charge in [0.1, 0.15) is 0 Å². The average molecular weight is 455 g/mol. The van der Waals surface area contributed by atoms with E-state index in [-0.39, 0.29) is 24.4 Å². The number of rotatable bonds is 8. The van der Waals surface area contributed by atoms with Crippen LogP contribution in [0.1, 0.15) is 41.6 Å². The van der Waals surface area contributed by atoms with Gasteiger partial charge in [-0.3, -0.25) is 9.69 Å². The molecule has 1 atom stereocenters. The number of urea groups is 1. The molecule has 3 heterocycles. The van der Waals surface area contributed by atoms with Crippen LogP contribution in [0, 0.1) is 5.92 Å². The van der Waals surface area contributed by atoms with Crippen molar-refractivity contribution in [1.82, 2.24) is 15.6 Å². The van der Waals surface area contributed by atoms with E-state index in [1.807, 2.05) is 22.9 Å². The quantitative estimate of drug-likeness (QED) is 0.530. The molecule has 1 saturated heterocycles. The molecule has 0 spiro atoms. The maximum absolute atomic E-state index is 12.9. The molecule has 4 rings (SSSR count). The summed E-state index contributed by atoms with van der Waals surface area (Å²) in [7, 11) is 0. The molecule has 1 unspecified atom stereocenters. The van der Waals surface area contributed by atoms with Crippen LogP contribution >= 0.6 is 22.7 Å². The Morgan fingerprint density at radius 1 is 1.23 bits per heavy atom. The van der Waals surface area contributed by atoms with Crippen molar-refractivity contribution in [3.63, 3.8) is 0 Å². The normalized spacial score (nSPS) is 14.7. The van der Waals surface area contributed by atoms with Gasteiger partial charge in [-0.15, -0.1) is 22.7 Å². The molecular formula is C23H26N4O2S2. The molecule has 6 nitrogen and oxygen atoms in total. The molecule has 3 aromatic rings. The standard InChI is InChI=1S/C23H26N4O2S2/c1-15(2)12-16-5-7-17(8-6-16)21(19-4-3-11-30-19)26-20(28)13-18-14-31-23(25-18)27-10-9-24-22(27)29/h3-8,11,14-15,21H,9-10,12-13H2,1-2H3,(H,24,29)(H,26,28). The van der Waals surface area contributed by atoms with Crippen LogP contribution in [-0.2, 0) is 17.6 Å². The van der Waals surface area contributed by atoms with Gasteiger partial charge in [-0.1, -0.05) is 44.2 Å². The first kappa shape index (κ1) is 21.5. The smallest absolute Gasteiger partial charge is 0.323 e. The van der Waals surface area contributed by atoms with E-state index in [9.17, 15) is 9.59 Å². The van der Waals surface area contributed by atoms with Gasteiger partial charge in [-0.05, 0) is 34.9 Å². The first-order chi connectivity index (χ1) is 15.0. The Labute approximate surface area is 190 Å². The zero-order chi connectivity index (χ0) is 21.8. The maximum atomic E-state index is 12.9. The summed E-state index contributed by atoms with van der Waals surface area (Å²) in [5, 5.41) is 10.4. The van der Waals surface area contributed by atoms with Crippen molar-refractivity contribution in [2.75, 3.05) is 18.0 Å². The number of thiophene rings is 1. The van der Waals surface area contributed by atoms with Crippen molar-refractivity contribution in [1.29, 1.82) is 0 Å². The van der Waals surface area contributed by atoms with Crippen LogP contribution in [0.3, 0.4) is 0 Å². The molecule has 1 fully saturated rings. The Morgan fingerprint density at radius 2 is 2.03 bits per heavy atom. The molecule has 0 bridgehead atoms. The number of nitrogens with zero attached hydrogens (tertiary/aromatic N) is 2. The summed E-state index contributed by atoms with van der Waals surface area (Å²) in [6.45, 7) is 5.64. The number of amides is 3. The highest BCUT2D eigenvalue weighted by molar-refractivity contribution is 7.14. The molecule has 1 aliphatic rings. The molecule has 8 heteroatoms. The lowest BCUT2D eigenvalue weighted by molar-refractivity contribution is -0.121. The first-order valence-corrected chi connectivity index (χ1v) is 12.2. The molecular weight excluding hydrogens is 428 g/mol. The van der Waals surface area contributed by atoms with Gasteiger partial charge in [-0.2, -0.15) is 0 Å². The van der Waals surface area contributed by atoms with Crippen molar-refractivity contribution in [2.24, 2.45) is 5.92 Å². The number of hydrogen-bond donors (Lipinski definition) is 2. The maximum Gasteiger partial charge on any atom is 0.323 e. The Morgan fingerprint density at radius 3 is 2.68 bits per heavy atom. The van der Waals surface area contributed by atoms with Gasteiger partial charge in [0.05, 0.1) is 18.2 Å². The number of carbonyl (C=O) groups is 2. The lowest BCUT2D eigenvalue weighted by Gasteiger charge is -2.18. The fourth-order valence-electron chi connectivity index (χ4n) is 3.62. The summed E-state index contributed by atoms with van der Waals surface area (Å²) in [5.41, 5.74) is 3.04. The molecule has 0 aliphatic carbocycles. The fourth-order valence-corrected chi connectivity index (χ4v) is 5.28. The number of thiazole rings is 1. The minimum Gasteiger partial charge on any atom is -0.344 e. The SMILES string of the molecule is CC(C)Cc1ccc(C(NC(=O)Cc2csc(N3CCNC3=O)n2)c2cccs2)cc1. The number of benzene rings is 1. The summed E-state index contributed by atoms with van der Waals surface area (Å²) in [5.74, 6) is 0.515. The summed E-state index contributed by atoms with van der Waals surface area (Å²) >= 11 is 3.02. The minimum atomic E-state index is -0.192. The van der Waals surface area contributed by atoms with Gasteiger partial charge in [0, 0.05) is 23.3 Å². The molecule has 0 saturated carbocycles. The number of nitrogens with one attached hydrogen (secondary N) is 2. The second-order valence-corrected chi connectivity index (χ2v) is 9.85. The number of carbonyl (C=O) groups excluding carboxylic acids is 2. The Hall–Kier alpha value is -2.71. The molecule has 31 heavy (non-hydrogen) atoms. The topological polar surface area (TPSA) is 74.3 Å². The van der Waals surface area contributed by atoms with E-state index in [1.54, 1.807) is 16.2 Å². The van der Waals surface area contributed by atoms with Crippen LogP contribution in [0.15, 0.2) is 47.2 Å². The van der Waals surface area contributed by atoms with Crippen LogP contribution in [0.25, 0.3) is 0 Å². The largest absolute Gasteiger partial charge is 0.344 e. The van der Waals surface area contributed by atoms with E-state index in [1.165, 1.54) is 16.9 Å². The third kappa shape index (κ3) is 5.32. The van der Waals surface area contributed by atoms with Crippen molar-refractivity contribution >= 4 is 39.7 Å². The zero-order valence-corrected chi connectivity index (χ0v) is 19.3. The molecule has 162 valence electrons. The van der Waals surface area contributed by atoms with Gasteiger partial charge in [0.2, 0.25) is 5.91 Å². The Kier molecular flexibility index (Phi) is 6.67. The number of anilines is 1. The van der Waals surface area contributed by atoms with Crippen molar-refractivity contribution in [3.05, 3.63) is 68.9 Å². The average Bonchev–Trinajstić information content (AvgIpc) is 3.48. The third-order valence-electron chi connectivity index (χ3n) is 5.06. The van der Waals surface area contributed by atoms with Gasteiger partial charge in [0.15, 0.2) is 5.13 Å². The predicted octanol–water partition coefficient (Wildman–Crippen LogP) is 4.38.